The Bertz CT molecular complexity index is 483. The minimum Gasteiger partial charge on any atom is -0.497 e. The maximum Gasteiger partial charge on any atom is 0.306 e. The number of ether oxygens (including phenoxy) is 2. The van der Waals surface area contributed by atoms with Crippen LogP contribution in [0.3, 0.4) is 0 Å². The standard InChI is InChI=1S/C15H19NO4/c1-19-12-6-3-10(4-7-12)13-8-5-11(15(18)16-13)9-14(17)20-2/h3-4,6-7,11,13H,5,8-9H2,1-2H3,(H,16,18)/t11-,13+/m1/s1. The number of hydrogen-bond acceptors (Lipinski definition) is 4. The van der Waals surface area contributed by atoms with Gasteiger partial charge in [-0.05, 0) is 30.5 Å². The molecule has 2 rings (SSSR count). The molecule has 1 fully saturated rings. The summed E-state index contributed by atoms with van der Waals surface area (Å²) in [7, 11) is 2.96. The fraction of sp³-hybridized carbons (Fsp3) is 0.467. The van der Waals surface area contributed by atoms with Crippen molar-refractivity contribution in [1.82, 2.24) is 5.32 Å². The number of hydrogen-bond donors (Lipinski definition) is 1. The number of piperidine rings is 1. The van der Waals surface area contributed by atoms with Crippen LogP contribution in [0.2, 0.25) is 0 Å². The highest BCUT2D eigenvalue weighted by atomic mass is 16.5. The summed E-state index contributed by atoms with van der Waals surface area (Å²) in [6.07, 6.45) is 1.66. The molecule has 108 valence electrons. The van der Waals surface area contributed by atoms with E-state index in [1.807, 2.05) is 24.3 Å². The summed E-state index contributed by atoms with van der Waals surface area (Å²) < 4.78 is 9.72. The van der Waals surface area contributed by atoms with E-state index in [-0.39, 0.29) is 30.3 Å². The van der Waals surface area contributed by atoms with E-state index in [1.165, 1.54) is 7.11 Å². The van der Waals surface area contributed by atoms with Gasteiger partial charge in [0.2, 0.25) is 5.91 Å². The zero-order valence-corrected chi connectivity index (χ0v) is 11.7. The molecule has 1 heterocycles. The van der Waals surface area contributed by atoms with Crippen LogP contribution in [-0.4, -0.2) is 26.1 Å². The molecule has 1 aromatic carbocycles. The first-order valence-electron chi connectivity index (χ1n) is 6.65. The lowest BCUT2D eigenvalue weighted by Gasteiger charge is -2.29. The second-order valence-corrected chi connectivity index (χ2v) is 4.89. The van der Waals surface area contributed by atoms with Gasteiger partial charge in [-0.2, -0.15) is 0 Å². The van der Waals surface area contributed by atoms with Crippen molar-refractivity contribution in [1.29, 1.82) is 0 Å². The molecule has 5 heteroatoms. The topological polar surface area (TPSA) is 64.6 Å². The van der Waals surface area contributed by atoms with Crippen LogP contribution in [0.5, 0.6) is 5.75 Å². The van der Waals surface area contributed by atoms with Crippen LogP contribution in [0, 0.1) is 5.92 Å². The molecule has 0 saturated carbocycles. The van der Waals surface area contributed by atoms with Gasteiger partial charge in [-0.15, -0.1) is 0 Å². The van der Waals surface area contributed by atoms with Crippen molar-refractivity contribution < 1.29 is 19.1 Å². The lowest BCUT2D eigenvalue weighted by atomic mass is 9.88. The molecule has 1 N–H and O–H groups in total. The molecule has 0 spiro atoms. The summed E-state index contributed by atoms with van der Waals surface area (Å²) in [5, 5.41) is 2.96. The van der Waals surface area contributed by atoms with Crippen molar-refractivity contribution in [2.75, 3.05) is 14.2 Å². The normalized spacial score (nSPS) is 22.0. The number of carbonyl (C=O) groups is 2. The Labute approximate surface area is 118 Å². The Morgan fingerprint density at radius 2 is 1.95 bits per heavy atom. The fourth-order valence-corrected chi connectivity index (χ4v) is 2.43. The van der Waals surface area contributed by atoms with E-state index in [1.54, 1.807) is 7.11 Å². The van der Waals surface area contributed by atoms with Crippen LogP contribution in [0.4, 0.5) is 0 Å². The number of methoxy groups -OCH3 is 2. The van der Waals surface area contributed by atoms with Gasteiger partial charge in [0.15, 0.2) is 0 Å². The van der Waals surface area contributed by atoms with E-state index in [0.29, 0.717) is 6.42 Å². The van der Waals surface area contributed by atoms with E-state index in [4.69, 9.17) is 4.74 Å². The van der Waals surface area contributed by atoms with Crippen molar-refractivity contribution in [2.45, 2.75) is 25.3 Å². The summed E-state index contributed by atoms with van der Waals surface area (Å²) in [4.78, 5) is 23.2. The first-order chi connectivity index (χ1) is 9.63. The average molecular weight is 277 g/mol. The van der Waals surface area contributed by atoms with Crippen LogP contribution < -0.4 is 10.1 Å². The Morgan fingerprint density at radius 1 is 1.25 bits per heavy atom. The van der Waals surface area contributed by atoms with E-state index < -0.39 is 0 Å². The molecule has 0 radical (unpaired) electrons. The predicted octanol–water partition coefficient (Wildman–Crippen LogP) is 1.83. The SMILES string of the molecule is COC(=O)C[C@H]1CC[C@@H](c2ccc(OC)cc2)NC1=O. The summed E-state index contributed by atoms with van der Waals surface area (Å²) in [6.45, 7) is 0. The molecule has 0 bridgehead atoms. The number of amides is 1. The molecule has 1 aliphatic heterocycles. The molecule has 2 atom stereocenters. The lowest BCUT2D eigenvalue weighted by Crippen LogP contribution is -2.40. The summed E-state index contributed by atoms with van der Waals surface area (Å²) in [6, 6.07) is 7.65. The van der Waals surface area contributed by atoms with Crippen LogP contribution >= 0.6 is 0 Å². The summed E-state index contributed by atoms with van der Waals surface area (Å²) >= 11 is 0. The molecule has 1 saturated heterocycles. The average Bonchev–Trinajstić information content (AvgIpc) is 2.49. The number of esters is 1. The molecule has 5 nitrogen and oxygen atoms in total. The highest BCUT2D eigenvalue weighted by Gasteiger charge is 2.30. The Hall–Kier alpha value is -2.04. The van der Waals surface area contributed by atoms with Gasteiger partial charge in [-0.3, -0.25) is 9.59 Å². The van der Waals surface area contributed by atoms with Crippen molar-refractivity contribution >= 4 is 11.9 Å². The number of carbonyl (C=O) groups excluding carboxylic acids is 2. The smallest absolute Gasteiger partial charge is 0.306 e. The maximum atomic E-state index is 12.0. The molecule has 0 aromatic heterocycles. The van der Waals surface area contributed by atoms with E-state index in [2.05, 4.69) is 10.1 Å². The zero-order valence-electron chi connectivity index (χ0n) is 11.7. The van der Waals surface area contributed by atoms with Gasteiger partial charge in [0, 0.05) is 5.92 Å². The number of benzene rings is 1. The molecule has 0 aliphatic carbocycles. The van der Waals surface area contributed by atoms with Crippen molar-refractivity contribution in [2.24, 2.45) is 5.92 Å². The molecule has 1 aromatic rings. The van der Waals surface area contributed by atoms with Gasteiger partial charge in [-0.1, -0.05) is 12.1 Å². The van der Waals surface area contributed by atoms with Crippen molar-refractivity contribution in [3.05, 3.63) is 29.8 Å². The fourth-order valence-electron chi connectivity index (χ4n) is 2.43. The monoisotopic (exact) mass is 277 g/mol. The largest absolute Gasteiger partial charge is 0.497 e. The van der Waals surface area contributed by atoms with Gasteiger partial charge in [0.1, 0.15) is 5.75 Å². The van der Waals surface area contributed by atoms with Gasteiger partial charge in [0.05, 0.1) is 26.7 Å². The van der Waals surface area contributed by atoms with Gasteiger partial charge in [0.25, 0.3) is 0 Å². The van der Waals surface area contributed by atoms with Crippen LogP contribution in [-0.2, 0) is 14.3 Å². The number of nitrogens with one attached hydrogen (secondary N) is 1. The summed E-state index contributed by atoms with van der Waals surface area (Å²) in [5.74, 6) is 0.0897. The van der Waals surface area contributed by atoms with E-state index in [0.717, 1.165) is 17.7 Å². The second kappa shape index (κ2) is 6.41. The third kappa shape index (κ3) is 3.29. The predicted molar refractivity (Wildman–Crippen MR) is 73.2 cm³/mol. The Kier molecular flexibility index (Phi) is 4.61. The molecule has 20 heavy (non-hydrogen) atoms. The minimum absolute atomic E-state index is 0.00213. The quantitative estimate of drug-likeness (QED) is 0.853. The number of rotatable bonds is 4. The maximum absolute atomic E-state index is 12.0. The second-order valence-electron chi connectivity index (χ2n) is 4.89. The first-order valence-corrected chi connectivity index (χ1v) is 6.65. The molecular formula is C15H19NO4. The third-order valence-electron chi connectivity index (χ3n) is 3.65. The van der Waals surface area contributed by atoms with Crippen LogP contribution in [0.25, 0.3) is 0 Å². The van der Waals surface area contributed by atoms with Crippen molar-refractivity contribution in [3.63, 3.8) is 0 Å². The minimum atomic E-state index is -0.340. The highest BCUT2D eigenvalue weighted by molar-refractivity contribution is 5.84. The van der Waals surface area contributed by atoms with Gasteiger partial charge in [-0.25, -0.2) is 0 Å². The van der Waals surface area contributed by atoms with Gasteiger partial charge >= 0.3 is 5.97 Å². The van der Waals surface area contributed by atoms with Gasteiger partial charge < -0.3 is 14.8 Å². The molecule has 1 aliphatic rings. The van der Waals surface area contributed by atoms with Crippen LogP contribution in [0.15, 0.2) is 24.3 Å². The first kappa shape index (κ1) is 14.4. The van der Waals surface area contributed by atoms with E-state index >= 15 is 0 Å². The van der Waals surface area contributed by atoms with E-state index in [9.17, 15) is 9.59 Å². The molecule has 0 unspecified atom stereocenters. The Morgan fingerprint density at radius 3 is 2.50 bits per heavy atom. The van der Waals surface area contributed by atoms with Crippen LogP contribution in [0.1, 0.15) is 30.9 Å². The lowest BCUT2D eigenvalue weighted by molar-refractivity contribution is -0.145. The molecular weight excluding hydrogens is 258 g/mol. The third-order valence-corrected chi connectivity index (χ3v) is 3.65. The zero-order chi connectivity index (χ0) is 14.5. The Balaban J connectivity index is 1.97. The highest BCUT2D eigenvalue weighted by Crippen LogP contribution is 2.29. The summed E-state index contributed by atoms with van der Waals surface area (Å²) in [5.41, 5.74) is 1.05. The molecule has 1 amide bonds. The van der Waals surface area contributed by atoms with Crippen molar-refractivity contribution in [3.8, 4) is 5.75 Å².